The standard InChI is InChI=1S/C16H13N3O2/c20-10-9-19-14-7-2-1-5-12(14)16(18-11-15(19)21)13-6-3-4-8-17-13/h1-8,10H,9,11H2. The number of para-hydroxylation sites is 1. The fraction of sp³-hybridized carbons (Fsp3) is 0.125. The zero-order valence-electron chi connectivity index (χ0n) is 11.3. The summed E-state index contributed by atoms with van der Waals surface area (Å²) in [5.74, 6) is -0.194. The van der Waals surface area contributed by atoms with Crippen molar-refractivity contribution >= 4 is 23.6 Å². The van der Waals surface area contributed by atoms with Crippen LogP contribution in [0.5, 0.6) is 0 Å². The minimum Gasteiger partial charge on any atom is -0.303 e. The molecule has 5 heteroatoms. The number of aromatic nitrogens is 1. The average molecular weight is 279 g/mol. The van der Waals surface area contributed by atoms with Crippen LogP contribution in [0.2, 0.25) is 0 Å². The third-order valence-corrected chi connectivity index (χ3v) is 3.29. The van der Waals surface area contributed by atoms with Crippen molar-refractivity contribution in [2.45, 2.75) is 0 Å². The van der Waals surface area contributed by atoms with Crippen LogP contribution >= 0.6 is 0 Å². The average Bonchev–Trinajstić information content (AvgIpc) is 2.67. The van der Waals surface area contributed by atoms with Crippen LogP contribution in [-0.4, -0.2) is 36.0 Å². The van der Waals surface area contributed by atoms with E-state index in [1.165, 1.54) is 4.90 Å². The summed E-state index contributed by atoms with van der Waals surface area (Å²) in [5, 5.41) is 0. The Balaban J connectivity index is 2.16. The first-order valence-electron chi connectivity index (χ1n) is 6.60. The number of benzene rings is 1. The normalized spacial score (nSPS) is 14.2. The van der Waals surface area contributed by atoms with Crippen molar-refractivity contribution in [3.05, 3.63) is 59.9 Å². The van der Waals surface area contributed by atoms with Gasteiger partial charge in [0.2, 0.25) is 5.91 Å². The van der Waals surface area contributed by atoms with Crippen molar-refractivity contribution in [1.29, 1.82) is 0 Å². The molecule has 2 aromatic rings. The second kappa shape index (κ2) is 5.66. The monoisotopic (exact) mass is 279 g/mol. The number of nitrogens with zero attached hydrogens (tertiary/aromatic N) is 3. The highest BCUT2D eigenvalue weighted by Crippen LogP contribution is 2.25. The lowest BCUT2D eigenvalue weighted by Crippen LogP contribution is -2.34. The van der Waals surface area contributed by atoms with Gasteiger partial charge in [0.05, 0.1) is 23.6 Å². The summed E-state index contributed by atoms with van der Waals surface area (Å²) < 4.78 is 0. The number of fused-ring (bicyclic) bond motifs is 1. The van der Waals surface area contributed by atoms with Crippen molar-refractivity contribution in [3.63, 3.8) is 0 Å². The van der Waals surface area contributed by atoms with E-state index >= 15 is 0 Å². The molecule has 21 heavy (non-hydrogen) atoms. The van der Waals surface area contributed by atoms with Gasteiger partial charge in [0.15, 0.2) is 0 Å². The molecule has 0 fully saturated rings. The fourth-order valence-electron chi connectivity index (χ4n) is 2.36. The van der Waals surface area contributed by atoms with Crippen molar-refractivity contribution in [2.24, 2.45) is 4.99 Å². The van der Waals surface area contributed by atoms with Gasteiger partial charge in [0.1, 0.15) is 12.8 Å². The van der Waals surface area contributed by atoms with Gasteiger partial charge in [0, 0.05) is 11.8 Å². The number of carbonyl (C=O) groups excluding carboxylic acids is 2. The molecule has 1 aromatic heterocycles. The smallest absolute Gasteiger partial charge is 0.249 e. The van der Waals surface area contributed by atoms with Crippen LogP contribution in [0.15, 0.2) is 53.7 Å². The van der Waals surface area contributed by atoms with Crippen LogP contribution in [0, 0.1) is 0 Å². The fourth-order valence-corrected chi connectivity index (χ4v) is 2.36. The molecule has 0 spiro atoms. The molecule has 0 saturated heterocycles. The van der Waals surface area contributed by atoms with E-state index in [4.69, 9.17) is 0 Å². The molecule has 2 heterocycles. The minimum absolute atomic E-state index is 0.00836. The van der Waals surface area contributed by atoms with E-state index in [1.807, 2.05) is 42.5 Å². The number of benzodiazepines with no additional fused rings is 1. The van der Waals surface area contributed by atoms with Gasteiger partial charge in [-0.3, -0.25) is 14.8 Å². The maximum atomic E-state index is 12.2. The van der Waals surface area contributed by atoms with E-state index < -0.39 is 0 Å². The highest BCUT2D eigenvalue weighted by Gasteiger charge is 2.24. The van der Waals surface area contributed by atoms with Gasteiger partial charge >= 0.3 is 0 Å². The highest BCUT2D eigenvalue weighted by atomic mass is 16.2. The summed E-state index contributed by atoms with van der Waals surface area (Å²) in [6.45, 7) is 0.0370. The summed E-state index contributed by atoms with van der Waals surface area (Å²) >= 11 is 0. The molecule has 0 saturated carbocycles. The number of aldehydes is 1. The van der Waals surface area contributed by atoms with Crippen molar-refractivity contribution < 1.29 is 9.59 Å². The minimum atomic E-state index is -0.194. The molecule has 0 aliphatic carbocycles. The Morgan fingerprint density at radius 1 is 1.14 bits per heavy atom. The molecule has 1 aromatic carbocycles. The molecule has 1 aliphatic rings. The lowest BCUT2D eigenvalue weighted by Gasteiger charge is -2.20. The molecule has 0 atom stereocenters. The largest absolute Gasteiger partial charge is 0.303 e. The number of rotatable bonds is 3. The van der Waals surface area contributed by atoms with Crippen LogP contribution < -0.4 is 4.90 Å². The maximum absolute atomic E-state index is 12.2. The van der Waals surface area contributed by atoms with Gasteiger partial charge in [-0.05, 0) is 18.2 Å². The molecule has 104 valence electrons. The summed E-state index contributed by atoms with van der Waals surface area (Å²) in [6, 6.07) is 13.0. The van der Waals surface area contributed by atoms with Crippen molar-refractivity contribution in [1.82, 2.24) is 4.98 Å². The molecule has 0 unspecified atom stereocenters. The molecule has 0 radical (unpaired) electrons. The van der Waals surface area contributed by atoms with Crippen LogP contribution in [0.3, 0.4) is 0 Å². The first-order valence-corrected chi connectivity index (χ1v) is 6.60. The first-order chi connectivity index (χ1) is 10.3. The maximum Gasteiger partial charge on any atom is 0.249 e. The number of aliphatic imine (C=N–C) groups is 1. The van der Waals surface area contributed by atoms with Crippen LogP contribution in [-0.2, 0) is 9.59 Å². The number of hydrogen-bond acceptors (Lipinski definition) is 4. The van der Waals surface area contributed by atoms with E-state index in [2.05, 4.69) is 9.98 Å². The van der Waals surface area contributed by atoms with Gasteiger partial charge in [-0.1, -0.05) is 24.3 Å². The Hall–Kier alpha value is -2.82. The molecule has 1 aliphatic heterocycles. The lowest BCUT2D eigenvalue weighted by atomic mass is 10.0. The SMILES string of the molecule is O=CCN1C(=O)CN=C(c2ccccn2)c2ccccc21. The molecule has 0 bridgehead atoms. The topological polar surface area (TPSA) is 62.6 Å². The predicted molar refractivity (Wildman–Crippen MR) is 79.6 cm³/mol. The zero-order valence-corrected chi connectivity index (χ0v) is 11.3. The number of pyridine rings is 1. The molecule has 3 rings (SSSR count). The second-order valence-corrected chi connectivity index (χ2v) is 4.57. The Morgan fingerprint density at radius 2 is 1.95 bits per heavy atom. The van der Waals surface area contributed by atoms with Gasteiger partial charge in [-0.15, -0.1) is 0 Å². The van der Waals surface area contributed by atoms with E-state index in [9.17, 15) is 9.59 Å². The second-order valence-electron chi connectivity index (χ2n) is 4.57. The molecular weight excluding hydrogens is 266 g/mol. The zero-order chi connectivity index (χ0) is 14.7. The van der Waals surface area contributed by atoms with Crippen molar-refractivity contribution in [3.8, 4) is 0 Å². The van der Waals surface area contributed by atoms with E-state index in [0.717, 1.165) is 11.8 Å². The Kier molecular flexibility index (Phi) is 3.55. The van der Waals surface area contributed by atoms with Crippen molar-refractivity contribution in [2.75, 3.05) is 18.0 Å². The Morgan fingerprint density at radius 3 is 2.71 bits per heavy atom. The van der Waals surface area contributed by atoms with E-state index in [-0.39, 0.29) is 19.0 Å². The van der Waals surface area contributed by atoms with Gasteiger partial charge in [-0.2, -0.15) is 0 Å². The summed E-state index contributed by atoms with van der Waals surface area (Å²) in [4.78, 5) is 33.2. The third kappa shape index (κ3) is 2.45. The Bertz CT molecular complexity index is 710. The van der Waals surface area contributed by atoms with E-state index in [1.54, 1.807) is 6.20 Å². The number of carbonyl (C=O) groups is 2. The summed E-state index contributed by atoms with van der Waals surface area (Å²) in [7, 11) is 0. The summed E-state index contributed by atoms with van der Waals surface area (Å²) in [5.41, 5.74) is 2.89. The predicted octanol–water partition coefficient (Wildman–Crippen LogP) is 1.46. The number of amides is 1. The highest BCUT2D eigenvalue weighted by molar-refractivity contribution is 6.19. The van der Waals surface area contributed by atoms with Crippen LogP contribution in [0.25, 0.3) is 0 Å². The van der Waals surface area contributed by atoms with Gasteiger partial charge in [-0.25, -0.2) is 0 Å². The quantitative estimate of drug-likeness (QED) is 0.799. The molecule has 1 amide bonds. The molecular formula is C16H13N3O2. The Labute approximate surface area is 122 Å². The molecule has 0 N–H and O–H groups in total. The number of anilines is 1. The van der Waals surface area contributed by atoms with Crippen LogP contribution in [0.4, 0.5) is 5.69 Å². The lowest BCUT2D eigenvalue weighted by molar-refractivity contribution is -0.118. The van der Waals surface area contributed by atoms with E-state index in [0.29, 0.717) is 17.1 Å². The number of hydrogen-bond donors (Lipinski definition) is 0. The first kappa shape index (κ1) is 13.2. The third-order valence-electron chi connectivity index (χ3n) is 3.29. The van der Waals surface area contributed by atoms with Crippen LogP contribution in [0.1, 0.15) is 11.3 Å². The summed E-state index contributed by atoms with van der Waals surface area (Å²) in [6.07, 6.45) is 2.41. The molecule has 5 nitrogen and oxygen atoms in total. The van der Waals surface area contributed by atoms with Gasteiger partial charge < -0.3 is 9.69 Å². The van der Waals surface area contributed by atoms with Gasteiger partial charge in [0.25, 0.3) is 0 Å².